The molecule has 3 aromatic rings. The van der Waals surface area contributed by atoms with Crippen LogP contribution in [-0.4, -0.2) is 58.2 Å². The van der Waals surface area contributed by atoms with Crippen molar-refractivity contribution in [1.29, 1.82) is 0 Å². The fourth-order valence-electron chi connectivity index (χ4n) is 5.23. The molecule has 0 bridgehead atoms. The highest BCUT2D eigenvalue weighted by atomic mass is 19.4. The van der Waals surface area contributed by atoms with E-state index in [0.717, 1.165) is 56.3 Å². The third-order valence-electron chi connectivity index (χ3n) is 7.17. The van der Waals surface area contributed by atoms with Crippen molar-refractivity contribution in [2.75, 3.05) is 19.6 Å². The first-order valence-electron chi connectivity index (χ1n) is 12.2. The van der Waals surface area contributed by atoms with Gasteiger partial charge >= 0.3 is 6.18 Å². The number of carbonyl (C=O) groups is 2. The minimum Gasteiger partial charge on any atom is -0.349 e. The molecule has 7 nitrogen and oxygen atoms in total. The Kier molecular flexibility index (Phi) is 6.70. The van der Waals surface area contributed by atoms with Crippen LogP contribution in [0.25, 0.3) is 10.9 Å². The lowest BCUT2D eigenvalue weighted by Gasteiger charge is -2.46. The largest absolute Gasteiger partial charge is 0.416 e. The Morgan fingerprint density at radius 2 is 1.69 bits per heavy atom. The lowest BCUT2D eigenvalue weighted by atomic mass is 9.88. The zero-order chi connectivity index (χ0) is 25.3. The molecule has 1 aliphatic carbocycles. The molecule has 5 rings (SSSR count). The van der Waals surface area contributed by atoms with Gasteiger partial charge in [-0.25, -0.2) is 0 Å². The minimum atomic E-state index is -4.53. The molecule has 1 saturated heterocycles. The Hall–Kier alpha value is -3.40. The summed E-state index contributed by atoms with van der Waals surface area (Å²) in [5, 5.41) is 11.1. The van der Waals surface area contributed by atoms with Crippen molar-refractivity contribution in [2.24, 2.45) is 0 Å². The van der Waals surface area contributed by atoms with Crippen molar-refractivity contribution in [2.45, 2.75) is 50.0 Å². The molecule has 190 valence electrons. The summed E-state index contributed by atoms with van der Waals surface area (Å²) in [4.78, 5) is 26.8. The number of fused-ring (bicyclic) bond motifs is 1. The van der Waals surface area contributed by atoms with Gasteiger partial charge in [0.1, 0.15) is 0 Å². The van der Waals surface area contributed by atoms with Crippen LogP contribution in [0.3, 0.4) is 0 Å². The minimum absolute atomic E-state index is 0.00995. The summed E-state index contributed by atoms with van der Waals surface area (Å²) in [7, 11) is 0. The highest BCUT2D eigenvalue weighted by molar-refractivity contribution is 5.96. The van der Waals surface area contributed by atoms with Gasteiger partial charge in [0.15, 0.2) is 0 Å². The zero-order valence-electron chi connectivity index (χ0n) is 19.7. The highest BCUT2D eigenvalue weighted by Gasteiger charge is 2.36. The summed E-state index contributed by atoms with van der Waals surface area (Å²) >= 11 is 0. The third kappa shape index (κ3) is 5.23. The maximum absolute atomic E-state index is 12.8. The first kappa shape index (κ1) is 24.3. The molecule has 2 amide bonds. The number of benzene rings is 2. The van der Waals surface area contributed by atoms with Crippen LogP contribution in [0.15, 0.2) is 54.7 Å². The molecule has 0 unspecified atom stereocenters. The van der Waals surface area contributed by atoms with Crippen molar-refractivity contribution in [3.8, 4) is 0 Å². The van der Waals surface area contributed by atoms with Crippen LogP contribution in [0.5, 0.6) is 0 Å². The number of carbonyl (C=O) groups excluding carboxylic acids is 2. The molecule has 0 atom stereocenters. The van der Waals surface area contributed by atoms with Crippen LogP contribution >= 0.6 is 0 Å². The van der Waals surface area contributed by atoms with Gasteiger partial charge in [-0.3, -0.25) is 19.2 Å². The summed E-state index contributed by atoms with van der Waals surface area (Å²) in [5.41, 5.74) is 0.139. The second-order valence-corrected chi connectivity index (χ2v) is 9.59. The number of hydrogen-bond donors (Lipinski definition) is 2. The van der Waals surface area contributed by atoms with Crippen LogP contribution in [0.2, 0.25) is 0 Å². The number of hydrogen-bond acceptors (Lipinski definition) is 4. The number of amides is 2. The van der Waals surface area contributed by atoms with Crippen LogP contribution in [-0.2, 0) is 11.0 Å². The lowest BCUT2D eigenvalue weighted by molar-refractivity contribution is -0.137. The molecule has 1 aliphatic heterocycles. The number of para-hydroxylation sites is 1. The molecule has 0 radical (unpaired) electrons. The average molecular weight is 500 g/mol. The molecular formula is C26H28F3N5O2. The smallest absolute Gasteiger partial charge is 0.349 e. The number of alkyl halides is 3. The molecule has 1 aromatic heterocycles. The van der Waals surface area contributed by atoms with Crippen LogP contribution in [0.1, 0.15) is 47.6 Å². The summed E-state index contributed by atoms with van der Waals surface area (Å²) in [5.74, 6) is -1.07. The first-order valence-corrected chi connectivity index (χ1v) is 12.2. The van der Waals surface area contributed by atoms with Crippen LogP contribution in [0.4, 0.5) is 13.2 Å². The lowest BCUT2D eigenvalue weighted by Crippen LogP contribution is -2.63. The van der Waals surface area contributed by atoms with Crippen LogP contribution in [0, 0.1) is 0 Å². The molecule has 2 aromatic carbocycles. The topological polar surface area (TPSA) is 79.3 Å². The predicted molar refractivity (Wildman–Crippen MR) is 128 cm³/mol. The third-order valence-corrected chi connectivity index (χ3v) is 7.17. The SMILES string of the molecule is O=C(CNC(=O)c1cccc(C(F)(F)F)c1)NC1CN([C@H]2CC[C@@H](n3ncc4ccccc43)CC2)C1. The van der Waals surface area contributed by atoms with E-state index in [-0.39, 0.29) is 24.1 Å². The summed E-state index contributed by atoms with van der Waals surface area (Å²) in [6.45, 7) is 1.23. The number of rotatable bonds is 6. The van der Waals surface area contributed by atoms with Crippen molar-refractivity contribution in [1.82, 2.24) is 25.3 Å². The number of likely N-dealkylation sites (tertiary alicyclic amines) is 1. The zero-order valence-corrected chi connectivity index (χ0v) is 19.7. The standard InChI is InChI=1S/C26H28F3N5O2/c27-26(28,29)19-6-3-5-17(12-19)25(36)30-14-24(35)32-20-15-33(16-20)21-8-10-22(11-9-21)34-23-7-2-1-4-18(23)13-31-34/h1-7,12-13,20-22H,8-11,14-16H2,(H,30,36)(H,32,35)/t21-,22+. The fourth-order valence-corrected chi connectivity index (χ4v) is 5.23. The molecule has 2 fully saturated rings. The molecule has 2 N–H and O–H groups in total. The van der Waals surface area contributed by atoms with Gasteiger partial charge in [-0.1, -0.05) is 24.3 Å². The van der Waals surface area contributed by atoms with Gasteiger partial charge in [0, 0.05) is 30.1 Å². The number of nitrogens with one attached hydrogen (secondary N) is 2. The van der Waals surface area contributed by atoms with Gasteiger partial charge in [0.2, 0.25) is 5.91 Å². The van der Waals surface area contributed by atoms with E-state index in [1.807, 2.05) is 18.3 Å². The van der Waals surface area contributed by atoms with Gasteiger partial charge in [0.25, 0.3) is 5.91 Å². The normalized spacial score (nSPS) is 21.2. The molecule has 2 aliphatic rings. The monoisotopic (exact) mass is 499 g/mol. The van der Waals surface area contributed by atoms with Crippen molar-refractivity contribution in [3.05, 3.63) is 65.9 Å². The summed E-state index contributed by atoms with van der Waals surface area (Å²) in [6, 6.07) is 13.3. The van der Waals surface area contributed by atoms with Crippen LogP contribution < -0.4 is 10.6 Å². The Morgan fingerprint density at radius 1 is 0.972 bits per heavy atom. The second kappa shape index (κ2) is 9.93. The molecular weight excluding hydrogens is 471 g/mol. The highest BCUT2D eigenvalue weighted by Crippen LogP contribution is 2.34. The van der Waals surface area contributed by atoms with Crippen molar-refractivity contribution in [3.63, 3.8) is 0 Å². The first-order chi connectivity index (χ1) is 17.3. The Labute approximate surface area is 206 Å². The van der Waals surface area contributed by atoms with Crippen molar-refractivity contribution >= 4 is 22.7 Å². The molecule has 2 heterocycles. The maximum atomic E-state index is 12.8. The Balaban J connectivity index is 1.03. The fraction of sp³-hybridized carbons (Fsp3) is 0.423. The molecule has 1 saturated carbocycles. The van der Waals surface area contributed by atoms with E-state index in [9.17, 15) is 22.8 Å². The Bertz CT molecular complexity index is 1240. The number of nitrogens with zero attached hydrogens (tertiary/aromatic N) is 3. The molecule has 36 heavy (non-hydrogen) atoms. The average Bonchev–Trinajstić information content (AvgIpc) is 3.28. The van der Waals surface area contributed by atoms with Gasteiger partial charge in [0.05, 0.1) is 35.9 Å². The van der Waals surface area contributed by atoms with E-state index in [2.05, 4.69) is 37.4 Å². The van der Waals surface area contributed by atoms with Gasteiger partial charge in [-0.2, -0.15) is 18.3 Å². The van der Waals surface area contributed by atoms with E-state index in [1.54, 1.807) is 0 Å². The second-order valence-electron chi connectivity index (χ2n) is 9.59. The molecule has 10 heteroatoms. The summed E-state index contributed by atoms with van der Waals surface area (Å²) in [6.07, 6.45) is 1.67. The van der Waals surface area contributed by atoms with E-state index in [0.29, 0.717) is 12.1 Å². The Morgan fingerprint density at radius 3 is 2.44 bits per heavy atom. The van der Waals surface area contributed by atoms with Gasteiger partial charge in [-0.05, 0) is 49.9 Å². The van der Waals surface area contributed by atoms with Gasteiger partial charge in [-0.15, -0.1) is 0 Å². The predicted octanol–water partition coefficient (Wildman–Crippen LogP) is 3.77. The summed E-state index contributed by atoms with van der Waals surface area (Å²) < 4.78 is 40.7. The van der Waals surface area contributed by atoms with E-state index >= 15 is 0 Å². The quantitative estimate of drug-likeness (QED) is 0.541. The number of halogens is 3. The number of aromatic nitrogens is 2. The van der Waals surface area contributed by atoms with Gasteiger partial charge < -0.3 is 10.6 Å². The van der Waals surface area contributed by atoms with Crippen molar-refractivity contribution < 1.29 is 22.8 Å². The molecule has 0 spiro atoms. The maximum Gasteiger partial charge on any atom is 0.416 e. The van der Waals surface area contributed by atoms with E-state index in [1.165, 1.54) is 17.6 Å². The van der Waals surface area contributed by atoms with E-state index < -0.39 is 17.6 Å². The van der Waals surface area contributed by atoms with E-state index in [4.69, 9.17) is 0 Å².